The second-order valence-electron chi connectivity index (χ2n) is 14.0. The molecule has 0 radical (unpaired) electrons. The van der Waals surface area contributed by atoms with Crippen molar-refractivity contribution in [2.75, 3.05) is 13.1 Å². The monoisotopic (exact) mass is 438 g/mol. The minimum atomic E-state index is -0.0607. The molecule has 8 aliphatic carbocycles. The first-order valence-corrected chi connectivity index (χ1v) is 13.9. The van der Waals surface area contributed by atoms with Crippen LogP contribution in [0.5, 0.6) is 0 Å². The van der Waals surface area contributed by atoms with Gasteiger partial charge in [-0.25, -0.2) is 0 Å². The molecule has 9 fully saturated rings. The highest BCUT2D eigenvalue weighted by Crippen LogP contribution is 2.62. The Balaban J connectivity index is 1.09. The van der Waals surface area contributed by atoms with Gasteiger partial charge in [-0.3, -0.25) is 9.59 Å². The number of hydrogen-bond acceptors (Lipinski definition) is 2. The zero-order chi connectivity index (χ0) is 21.8. The van der Waals surface area contributed by atoms with Gasteiger partial charge in [-0.15, -0.1) is 0 Å². The van der Waals surface area contributed by atoms with E-state index in [2.05, 4.69) is 23.6 Å². The molecule has 8 saturated carbocycles. The minimum Gasteiger partial charge on any atom is -0.336 e. The van der Waals surface area contributed by atoms with Gasteiger partial charge in [0.05, 0.1) is 10.8 Å². The molecule has 8 bridgehead atoms. The van der Waals surface area contributed by atoms with E-state index in [1.165, 1.54) is 38.5 Å². The average Bonchev–Trinajstić information content (AvgIpc) is 2.72. The van der Waals surface area contributed by atoms with Crippen LogP contribution in [0.15, 0.2) is 0 Å². The molecule has 176 valence electrons. The largest absolute Gasteiger partial charge is 0.336 e. The summed E-state index contributed by atoms with van der Waals surface area (Å²) in [5, 5.41) is 0. The van der Waals surface area contributed by atoms with Crippen molar-refractivity contribution in [3.05, 3.63) is 0 Å². The summed E-state index contributed by atoms with van der Waals surface area (Å²) in [4.78, 5) is 32.5. The topological polar surface area (TPSA) is 40.6 Å². The van der Waals surface area contributed by atoms with E-state index in [0.717, 1.165) is 87.1 Å². The van der Waals surface area contributed by atoms with E-state index in [1.807, 2.05) is 0 Å². The highest BCUT2D eigenvalue weighted by molar-refractivity contribution is 5.86. The van der Waals surface area contributed by atoms with Crippen LogP contribution in [0, 0.1) is 46.3 Å². The van der Waals surface area contributed by atoms with Crippen LogP contribution >= 0.6 is 0 Å². The van der Waals surface area contributed by atoms with E-state index >= 15 is 0 Å². The van der Waals surface area contributed by atoms with Crippen molar-refractivity contribution < 1.29 is 9.59 Å². The number of amides is 2. The van der Waals surface area contributed by atoms with Gasteiger partial charge in [-0.05, 0) is 126 Å². The number of rotatable bonds is 2. The lowest BCUT2D eigenvalue weighted by Crippen LogP contribution is -2.66. The van der Waals surface area contributed by atoms with E-state index in [0.29, 0.717) is 11.8 Å². The first kappa shape index (κ1) is 20.3. The number of hydrogen-bond donors (Lipinski definition) is 0. The third-order valence-electron chi connectivity index (χ3n) is 11.5. The predicted octanol–water partition coefficient (Wildman–Crippen LogP) is 4.87. The van der Waals surface area contributed by atoms with Crippen LogP contribution in [0.1, 0.15) is 90.9 Å². The SMILES string of the molecule is C[C@@H]1CN(C(=O)C23CC4CC(CC(C4)C2)C3)[C@@H](C)CN1C(=O)C12CC3CC(CC(C3)C1)C2. The summed E-state index contributed by atoms with van der Waals surface area (Å²) >= 11 is 0. The van der Waals surface area contributed by atoms with Gasteiger partial charge in [0.15, 0.2) is 0 Å². The molecule has 4 heteroatoms. The summed E-state index contributed by atoms with van der Waals surface area (Å²) in [7, 11) is 0. The van der Waals surface area contributed by atoms with Crippen molar-refractivity contribution in [2.45, 2.75) is 103 Å². The fourth-order valence-corrected chi connectivity index (χ4v) is 11.0. The molecule has 2 atom stereocenters. The smallest absolute Gasteiger partial charge is 0.229 e. The zero-order valence-corrected chi connectivity index (χ0v) is 20.2. The molecule has 0 aromatic heterocycles. The van der Waals surface area contributed by atoms with Crippen molar-refractivity contribution >= 4 is 11.8 Å². The number of carbonyl (C=O) groups excluding carboxylic acids is 2. The van der Waals surface area contributed by atoms with Crippen molar-refractivity contribution in [1.82, 2.24) is 9.80 Å². The maximum absolute atomic E-state index is 14.0. The molecule has 0 spiro atoms. The van der Waals surface area contributed by atoms with Crippen molar-refractivity contribution in [2.24, 2.45) is 46.3 Å². The summed E-state index contributed by atoms with van der Waals surface area (Å²) in [6.45, 7) is 5.92. The van der Waals surface area contributed by atoms with Crippen LogP contribution < -0.4 is 0 Å². The average molecular weight is 439 g/mol. The van der Waals surface area contributed by atoms with Gasteiger partial charge in [0.1, 0.15) is 0 Å². The summed E-state index contributed by atoms with van der Waals surface area (Å²) in [5.41, 5.74) is -0.121. The van der Waals surface area contributed by atoms with Crippen LogP contribution in [0.3, 0.4) is 0 Å². The molecule has 1 heterocycles. The Morgan fingerprint density at radius 2 is 0.781 bits per heavy atom. The number of carbonyl (C=O) groups is 2. The number of piperazine rings is 1. The van der Waals surface area contributed by atoms with Gasteiger partial charge in [0.2, 0.25) is 11.8 Å². The minimum absolute atomic E-state index is 0.0607. The van der Waals surface area contributed by atoms with Gasteiger partial charge in [-0.2, -0.15) is 0 Å². The third kappa shape index (κ3) is 2.86. The van der Waals surface area contributed by atoms with Crippen molar-refractivity contribution in [1.29, 1.82) is 0 Å². The molecule has 2 amide bonds. The Kier molecular flexibility index (Phi) is 4.29. The van der Waals surface area contributed by atoms with Gasteiger partial charge in [0.25, 0.3) is 0 Å². The van der Waals surface area contributed by atoms with Gasteiger partial charge in [0, 0.05) is 25.2 Å². The lowest BCUT2D eigenvalue weighted by molar-refractivity contribution is -0.172. The molecular formula is C28H42N2O2. The Bertz CT molecular complexity index is 695. The maximum Gasteiger partial charge on any atom is 0.229 e. The molecule has 9 aliphatic rings. The highest BCUT2D eigenvalue weighted by atomic mass is 16.2. The molecule has 1 aliphatic heterocycles. The molecule has 1 saturated heterocycles. The van der Waals surface area contributed by atoms with E-state index in [1.54, 1.807) is 0 Å². The van der Waals surface area contributed by atoms with E-state index in [-0.39, 0.29) is 22.9 Å². The first-order chi connectivity index (χ1) is 15.3. The third-order valence-corrected chi connectivity index (χ3v) is 11.5. The fraction of sp³-hybridized carbons (Fsp3) is 0.929. The zero-order valence-electron chi connectivity index (χ0n) is 20.2. The lowest BCUT2D eigenvalue weighted by atomic mass is 9.49. The second kappa shape index (κ2) is 6.75. The Labute approximate surface area is 193 Å². The Morgan fingerprint density at radius 3 is 1.03 bits per heavy atom. The summed E-state index contributed by atoms with van der Waals surface area (Å²) in [6.07, 6.45) is 15.1. The maximum atomic E-state index is 14.0. The second-order valence-corrected chi connectivity index (χ2v) is 14.0. The van der Waals surface area contributed by atoms with Gasteiger partial charge < -0.3 is 9.80 Å². The highest BCUT2D eigenvalue weighted by Gasteiger charge is 2.58. The molecule has 9 rings (SSSR count). The predicted molar refractivity (Wildman–Crippen MR) is 124 cm³/mol. The van der Waals surface area contributed by atoms with Crippen LogP contribution in [0.4, 0.5) is 0 Å². The van der Waals surface area contributed by atoms with Crippen LogP contribution in [0.25, 0.3) is 0 Å². The van der Waals surface area contributed by atoms with E-state index in [9.17, 15) is 9.59 Å². The van der Waals surface area contributed by atoms with Crippen molar-refractivity contribution in [3.63, 3.8) is 0 Å². The Hall–Kier alpha value is -1.06. The standard InChI is InChI=1S/C28H42N2O2/c1-17-15-30(26(32)28-12-22-6-23(13-28)8-24(7-22)14-28)18(2)16-29(17)25(31)27-9-19-3-20(10-27)5-21(4-19)11-27/h17-24H,3-16H2,1-2H3/t17-,18+,19?,20?,21?,22?,23?,24?,27?,28?. The van der Waals surface area contributed by atoms with Gasteiger partial charge >= 0.3 is 0 Å². The molecular weight excluding hydrogens is 396 g/mol. The molecule has 4 nitrogen and oxygen atoms in total. The lowest BCUT2D eigenvalue weighted by Gasteiger charge is -2.59. The van der Waals surface area contributed by atoms with Crippen LogP contribution in [0.2, 0.25) is 0 Å². The Morgan fingerprint density at radius 1 is 0.531 bits per heavy atom. The first-order valence-electron chi connectivity index (χ1n) is 13.9. The number of nitrogens with zero attached hydrogens (tertiary/aromatic N) is 2. The molecule has 32 heavy (non-hydrogen) atoms. The van der Waals surface area contributed by atoms with Crippen LogP contribution in [-0.4, -0.2) is 46.8 Å². The van der Waals surface area contributed by atoms with Crippen LogP contribution in [-0.2, 0) is 9.59 Å². The quantitative estimate of drug-likeness (QED) is 0.617. The molecule has 0 aromatic carbocycles. The van der Waals surface area contributed by atoms with E-state index < -0.39 is 0 Å². The summed E-state index contributed by atoms with van der Waals surface area (Å²) in [6, 6.07) is 0.314. The van der Waals surface area contributed by atoms with E-state index in [4.69, 9.17) is 0 Å². The molecule has 0 unspecified atom stereocenters. The molecule has 0 N–H and O–H groups in total. The summed E-state index contributed by atoms with van der Waals surface area (Å²) in [5.74, 6) is 5.73. The fourth-order valence-electron chi connectivity index (χ4n) is 11.0. The summed E-state index contributed by atoms with van der Waals surface area (Å²) < 4.78 is 0. The molecule has 0 aromatic rings. The normalized spacial score (nSPS) is 53.2. The van der Waals surface area contributed by atoms with Gasteiger partial charge in [-0.1, -0.05) is 0 Å². The van der Waals surface area contributed by atoms with Crippen molar-refractivity contribution in [3.8, 4) is 0 Å².